The minimum absolute atomic E-state index is 0.101. The van der Waals surface area contributed by atoms with Crippen molar-refractivity contribution in [3.8, 4) is 0 Å². The van der Waals surface area contributed by atoms with Gasteiger partial charge in [0, 0.05) is 5.92 Å². The largest absolute Gasteiger partial charge is 0.385 e. The second-order valence-corrected chi connectivity index (χ2v) is 2.75. The maximum Gasteiger partial charge on any atom is 0.0859 e. The lowest BCUT2D eigenvalue weighted by Gasteiger charge is -2.23. The summed E-state index contributed by atoms with van der Waals surface area (Å²) in [5, 5.41) is 9.62. The molecular formula is C9H16O. The Kier molecular flexibility index (Phi) is 3.37. The van der Waals surface area contributed by atoms with Crippen molar-refractivity contribution in [3.05, 3.63) is 24.8 Å². The third-order valence-electron chi connectivity index (χ3n) is 1.78. The van der Waals surface area contributed by atoms with Crippen molar-refractivity contribution in [2.24, 2.45) is 5.92 Å². The fraction of sp³-hybridized carbons (Fsp3) is 0.556. The normalized spacial score (nSPS) is 20.4. The zero-order valence-electron chi connectivity index (χ0n) is 6.96. The highest BCUT2D eigenvalue weighted by atomic mass is 16.3. The molecule has 0 spiro atoms. The first-order valence-corrected chi connectivity index (χ1v) is 3.53. The van der Waals surface area contributed by atoms with Crippen LogP contribution in [0, 0.1) is 5.92 Å². The van der Waals surface area contributed by atoms with Crippen molar-refractivity contribution in [2.45, 2.75) is 26.4 Å². The molecule has 0 amide bonds. The number of hydrogen-bond donors (Lipinski definition) is 1. The van der Waals surface area contributed by atoms with Crippen molar-refractivity contribution in [3.63, 3.8) is 0 Å². The molecule has 2 unspecified atom stereocenters. The van der Waals surface area contributed by atoms with Crippen LogP contribution in [-0.4, -0.2) is 10.7 Å². The molecule has 0 aliphatic heterocycles. The van der Waals surface area contributed by atoms with Crippen molar-refractivity contribution >= 4 is 0 Å². The summed E-state index contributed by atoms with van der Waals surface area (Å²) in [4.78, 5) is 0. The maximum absolute atomic E-state index is 9.62. The third-order valence-corrected chi connectivity index (χ3v) is 1.78. The molecule has 0 fully saturated rings. The summed E-state index contributed by atoms with van der Waals surface area (Å²) in [5.41, 5.74) is -0.740. The Morgan fingerprint density at radius 2 is 2.10 bits per heavy atom. The van der Waals surface area contributed by atoms with Gasteiger partial charge in [0.25, 0.3) is 0 Å². The van der Waals surface area contributed by atoms with E-state index >= 15 is 0 Å². The Morgan fingerprint density at radius 3 is 2.40 bits per heavy atom. The van der Waals surface area contributed by atoms with Gasteiger partial charge in [-0.1, -0.05) is 25.2 Å². The predicted molar refractivity (Wildman–Crippen MR) is 44.8 cm³/mol. The first kappa shape index (κ1) is 9.44. The van der Waals surface area contributed by atoms with Gasteiger partial charge in [-0.25, -0.2) is 0 Å². The summed E-state index contributed by atoms with van der Waals surface area (Å²) in [6, 6.07) is 0. The molecule has 1 heteroatoms. The smallest absolute Gasteiger partial charge is 0.0859 e. The Morgan fingerprint density at radius 1 is 1.60 bits per heavy atom. The van der Waals surface area contributed by atoms with Gasteiger partial charge in [0.2, 0.25) is 0 Å². The lowest BCUT2D eigenvalue weighted by atomic mass is 9.91. The van der Waals surface area contributed by atoms with Gasteiger partial charge in [-0.05, 0) is 13.8 Å². The van der Waals surface area contributed by atoms with E-state index in [1.165, 1.54) is 0 Å². The van der Waals surface area contributed by atoms with Gasteiger partial charge < -0.3 is 5.11 Å². The molecule has 2 atom stereocenters. The molecule has 1 N–H and O–H groups in total. The van der Waals surface area contributed by atoms with Crippen molar-refractivity contribution in [1.29, 1.82) is 0 Å². The fourth-order valence-electron chi connectivity index (χ4n) is 0.728. The quantitative estimate of drug-likeness (QED) is 0.595. The van der Waals surface area contributed by atoms with Crippen LogP contribution in [0.2, 0.25) is 0 Å². The summed E-state index contributed by atoms with van der Waals surface area (Å²) in [7, 11) is 0. The van der Waals surface area contributed by atoms with Gasteiger partial charge in [-0.3, -0.25) is 0 Å². The Balaban J connectivity index is 4.22. The second kappa shape index (κ2) is 3.57. The summed E-state index contributed by atoms with van der Waals surface area (Å²) >= 11 is 0. The van der Waals surface area contributed by atoms with Gasteiger partial charge in [0.15, 0.2) is 0 Å². The molecule has 0 radical (unpaired) electrons. The van der Waals surface area contributed by atoms with E-state index < -0.39 is 5.60 Å². The van der Waals surface area contributed by atoms with Crippen molar-refractivity contribution in [1.82, 2.24) is 0 Å². The van der Waals surface area contributed by atoms with E-state index in [1.54, 1.807) is 19.1 Å². The number of hydrogen-bond acceptors (Lipinski definition) is 1. The van der Waals surface area contributed by atoms with E-state index in [1.807, 2.05) is 19.9 Å². The Bertz CT molecular complexity index is 134. The number of rotatable bonds is 3. The minimum Gasteiger partial charge on any atom is -0.385 e. The molecule has 0 bridgehead atoms. The standard InChI is InChI=1S/C9H16O/c1-5-7-9(4,10)8(3)6-2/h5-8,10H,2H2,1,3-4H3. The lowest BCUT2D eigenvalue weighted by Crippen LogP contribution is -2.28. The SMILES string of the molecule is C=CC(C)C(C)(O)C=CC. The van der Waals surface area contributed by atoms with Gasteiger partial charge in [-0.15, -0.1) is 6.58 Å². The minimum atomic E-state index is -0.740. The summed E-state index contributed by atoms with van der Waals surface area (Å²) in [6.07, 6.45) is 5.37. The number of allylic oxidation sites excluding steroid dienone is 1. The molecule has 1 nitrogen and oxygen atoms in total. The molecule has 0 heterocycles. The van der Waals surface area contributed by atoms with E-state index in [-0.39, 0.29) is 5.92 Å². The number of aliphatic hydroxyl groups is 1. The third kappa shape index (κ3) is 2.36. The zero-order chi connectivity index (χ0) is 8.20. The topological polar surface area (TPSA) is 20.2 Å². The first-order chi connectivity index (χ1) is 4.54. The van der Waals surface area contributed by atoms with Crippen LogP contribution in [0.25, 0.3) is 0 Å². The van der Waals surface area contributed by atoms with E-state index in [4.69, 9.17) is 0 Å². The van der Waals surface area contributed by atoms with E-state index in [0.717, 1.165) is 0 Å². The molecule has 0 rings (SSSR count). The maximum atomic E-state index is 9.62. The van der Waals surface area contributed by atoms with E-state index in [2.05, 4.69) is 6.58 Å². The summed E-state index contributed by atoms with van der Waals surface area (Å²) in [6.45, 7) is 9.22. The molecule has 10 heavy (non-hydrogen) atoms. The Labute approximate surface area is 63.1 Å². The molecule has 0 aromatic heterocycles. The molecule has 58 valence electrons. The van der Waals surface area contributed by atoms with Gasteiger partial charge >= 0.3 is 0 Å². The highest BCUT2D eigenvalue weighted by Gasteiger charge is 2.21. The molecular weight excluding hydrogens is 124 g/mol. The summed E-state index contributed by atoms with van der Waals surface area (Å²) in [5.74, 6) is 0.101. The molecule has 0 aromatic rings. The second-order valence-electron chi connectivity index (χ2n) is 2.75. The Hall–Kier alpha value is -0.560. The lowest BCUT2D eigenvalue weighted by molar-refractivity contribution is 0.0745. The van der Waals surface area contributed by atoms with Crippen LogP contribution in [0.15, 0.2) is 24.8 Å². The highest BCUT2D eigenvalue weighted by molar-refractivity contribution is 5.04. The van der Waals surface area contributed by atoms with Crippen molar-refractivity contribution in [2.75, 3.05) is 0 Å². The molecule has 0 saturated carbocycles. The zero-order valence-corrected chi connectivity index (χ0v) is 6.96. The van der Waals surface area contributed by atoms with E-state index in [0.29, 0.717) is 0 Å². The highest BCUT2D eigenvalue weighted by Crippen LogP contribution is 2.18. The van der Waals surface area contributed by atoms with Gasteiger partial charge in [-0.2, -0.15) is 0 Å². The van der Waals surface area contributed by atoms with Crippen LogP contribution in [0.4, 0.5) is 0 Å². The fourth-order valence-corrected chi connectivity index (χ4v) is 0.728. The molecule has 0 aromatic carbocycles. The average Bonchev–Trinajstić information content (AvgIpc) is 1.86. The van der Waals surface area contributed by atoms with Gasteiger partial charge in [0.05, 0.1) is 5.60 Å². The monoisotopic (exact) mass is 140 g/mol. The molecule has 0 saturated heterocycles. The van der Waals surface area contributed by atoms with Crippen molar-refractivity contribution < 1.29 is 5.11 Å². The van der Waals surface area contributed by atoms with E-state index in [9.17, 15) is 5.11 Å². The van der Waals surface area contributed by atoms with Crippen LogP contribution in [-0.2, 0) is 0 Å². The average molecular weight is 140 g/mol. The predicted octanol–water partition coefficient (Wildman–Crippen LogP) is 2.14. The van der Waals surface area contributed by atoms with Crippen LogP contribution >= 0.6 is 0 Å². The summed E-state index contributed by atoms with van der Waals surface area (Å²) < 4.78 is 0. The van der Waals surface area contributed by atoms with Crippen LogP contribution in [0.5, 0.6) is 0 Å². The van der Waals surface area contributed by atoms with Crippen LogP contribution in [0.3, 0.4) is 0 Å². The van der Waals surface area contributed by atoms with Gasteiger partial charge in [0.1, 0.15) is 0 Å². The molecule has 0 aliphatic rings. The van der Waals surface area contributed by atoms with Crippen LogP contribution < -0.4 is 0 Å². The molecule has 0 aliphatic carbocycles. The first-order valence-electron chi connectivity index (χ1n) is 3.53. The van der Waals surface area contributed by atoms with Crippen LogP contribution in [0.1, 0.15) is 20.8 Å².